The van der Waals surface area contributed by atoms with Gasteiger partial charge in [0.05, 0.1) is 6.42 Å². The van der Waals surface area contributed by atoms with Crippen molar-refractivity contribution in [2.45, 2.75) is 26.2 Å². The summed E-state index contributed by atoms with van der Waals surface area (Å²) in [6.07, 6.45) is 2.83. The molecular weight excluding hydrogens is 212 g/mol. The topological polar surface area (TPSA) is 46.3 Å². The van der Waals surface area contributed by atoms with Crippen molar-refractivity contribution in [2.75, 3.05) is 18.8 Å². The Balaban J connectivity index is 1.91. The van der Waals surface area contributed by atoms with Crippen LogP contribution in [0.2, 0.25) is 0 Å². The summed E-state index contributed by atoms with van der Waals surface area (Å²) < 4.78 is 0. The molecule has 1 atom stereocenters. The van der Waals surface area contributed by atoms with Gasteiger partial charge in [-0.25, -0.2) is 0 Å². The summed E-state index contributed by atoms with van der Waals surface area (Å²) in [7, 11) is 0. The summed E-state index contributed by atoms with van der Waals surface area (Å²) in [4.78, 5) is 14.0. The Hall–Kier alpha value is -1.51. The first-order valence-electron chi connectivity index (χ1n) is 6.31. The fraction of sp³-hybridized carbons (Fsp3) is 0.500. The van der Waals surface area contributed by atoms with E-state index in [1.807, 2.05) is 29.2 Å². The van der Waals surface area contributed by atoms with E-state index >= 15 is 0 Å². The number of carbonyl (C=O) groups excluding carboxylic acids is 1. The summed E-state index contributed by atoms with van der Waals surface area (Å²) in [5.74, 6) is 0.941. The molecule has 0 bridgehead atoms. The lowest BCUT2D eigenvalue weighted by Crippen LogP contribution is -2.30. The van der Waals surface area contributed by atoms with Crippen LogP contribution < -0.4 is 5.73 Å². The highest BCUT2D eigenvalue weighted by Crippen LogP contribution is 2.20. The van der Waals surface area contributed by atoms with E-state index in [0.717, 1.165) is 30.8 Å². The van der Waals surface area contributed by atoms with Gasteiger partial charge in [-0.15, -0.1) is 0 Å². The third-order valence-electron chi connectivity index (χ3n) is 3.55. The molecule has 92 valence electrons. The van der Waals surface area contributed by atoms with Gasteiger partial charge in [0.15, 0.2) is 0 Å². The second kappa shape index (κ2) is 5.21. The second-order valence-corrected chi connectivity index (χ2v) is 4.82. The Morgan fingerprint density at radius 1 is 1.41 bits per heavy atom. The van der Waals surface area contributed by atoms with Gasteiger partial charge >= 0.3 is 0 Å². The summed E-state index contributed by atoms with van der Waals surface area (Å²) in [6.45, 7) is 4.05. The van der Waals surface area contributed by atoms with E-state index in [4.69, 9.17) is 5.73 Å². The first kappa shape index (κ1) is 12.0. The van der Waals surface area contributed by atoms with Crippen molar-refractivity contribution in [3.05, 3.63) is 29.8 Å². The quantitative estimate of drug-likeness (QED) is 0.811. The largest absolute Gasteiger partial charge is 0.399 e. The molecule has 1 amide bonds. The minimum atomic E-state index is 0.241. The van der Waals surface area contributed by atoms with Gasteiger partial charge in [0.2, 0.25) is 5.91 Å². The molecule has 0 aliphatic carbocycles. The summed E-state index contributed by atoms with van der Waals surface area (Å²) >= 11 is 0. The third-order valence-corrected chi connectivity index (χ3v) is 3.55. The molecule has 0 saturated carbocycles. The summed E-state index contributed by atoms with van der Waals surface area (Å²) in [5.41, 5.74) is 7.41. The molecule has 1 heterocycles. The van der Waals surface area contributed by atoms with Crippen molar-refractivity contribution in [3.8, 4) is 0 Å². The Morgan fingerprint density at radius 2 is 2.12 bits per heavy atom. The maximum Gasteiger partial charge on any atom is 0.226 e. The number of hydrogen-bond acceptors (Lipinski definition) is 2. The number of amides is 1. The van der Waals surface area contributed by atoms with Gasteiger partial charge in [-0.1, -0.05) is 25.5 Å². The molecule has 1 fully saturated rings. The normalized spacial score (nSPS) is 19.6. The van der Waals surface area contributed by atoms with E-state index in [9.17, 15) is 4.79 Å². The van der Waals surface area contributed by atoms with Crippen LogP contribution in [0.1, 0.15) is 25.3 Å². The van der Waals surface area contributed by atoms with Gasteiger partial charge in [-0.2, -0.15) is 0 Å². The van der Waals surface area contributed by atoms with Gasteiger partial charge in [0, 0.05) is 18.8 Å². The Bertz CT molecular complexity index is 386. The molecule has 1 aromatic carbocycles. The predicted molar refractivity (Wildman–Crippen MR) is 69.5 cm³/mol. The first-order chi connectivity index (χ1) is 8.19. The zero-order chi connectivity index (χ0) is 12.3. The third kappa shape index (κ3) is 2.99. The van der Waals surface area contributed by atoms with Gasteiger partial charge < -0.3 is 10.6 Å². The van der Waals surface area contributed by atoms with Gasteiger partial charge in [-0.3, -0.25) is 4.79 Å². The number of anilines is 1. The highest BCUT2D eigenvalue weighted by Gasteiger charge is 2.24. The fourth-order valence-corrected chi connectivity index (χ4v) is 2.31. The van der Waals surface area contributed by atoms with Crippen LogP contribution in [0.4, 0.5) is 5.69 Å². The smallest absolute Gasteiger partial charge is 0.226 e. The first-order valence-corrected chi connectivity index (χ1v) is 6.31. The monoisotopic (exact) mass is 232 g/mol. The molecule has 1 aliphatic heterocycles. The Morgan fingerprint density at radius 3 is 2.71 bits per heavy atom. The lowest BCUT2D eigenvalue weighted by molar-refractivity contribution is -0.129. The van der Waals surface area contributed by atoms with Gasteiger partial charge in [-0.05, 0) is 30.0 Å². The molecule has 3 heteroatoms. The van der Waals surface area contributed by atoms with Crippen LogP contribution in [0, 0.1) is 5.92 Å². The highest BCUT2D eigenvalue weighted by atomic mass is 16.2. The molecule has 1 unspecified atom stereocenters. The molecule has 2 N–H and O–H groups in total. The average molecular weight is 232 g/mol. The summed E-state index contributed by atoms with van der Waals surface area (Å²) in [5, 5.41) is 0. The molecule has 0 radical (unpaired) electrons. The van der Waals surface area contributed by atoms with Crippen LogP contribution in [0.25, 0.3) is 0 Å². The minimum absolute atomic E-state index is 0.241. The number of hydrogen-bond donors (Lipinski definition) is 1. The number of benzene rings is 1. The number of nitrogens with zero attached hydrogens (tertiary/aromatic N) is 1. The standard InChI is InChI=1S/C14H20N2O/c1-2-11-7-8-16(10-11)14(17)9-12-3-5-13(15)6-4-12/h3-6,11H,2,7-10,15H2,1H3. The van der Waals surface area contributed by atoms with Crippen molar-refractivity contribution in [2.24, 2.45) is 5.92 Å². The molecule has 1 saturated heterocycles. The van der Waals surface area contributed by atoms with E-state index in [-0.39, 0.29) is 5.91 Å². The predicted octanol–water partition coefficient (Wildman–Crippen LogP) is 2.07. The van der Waals surface area contributed by atoms with Crippen molar-refractivity contribution in [3.63, 3.8) is 0 Å². The zero-order valence-electron chi connectivity index (χ0n) is 10.4. The molecule has 1 aromatic rings. The summed E-state index contributed by atoms with van der Waals surface area (Å²) in [6, 6.07) is 7.56. The average Bonchev–Trinajstić information content (AvgIpc) is 2.81. The molecule has 1 aliphatic rings. The molecule has 3 nitrogen and oxygen atoms in total. The molecule has 0 spiro atoms. The number of nitrogens with two attached hydrogens (primary N) is 1. The van der Waals surface area contributed by atoms with Crippen LogP contribution in [0.5, 0.6) is 0 Å². The van der Waals surface area contributed by atoms with E-state index in [0.29, 0.717) is 12.3 Å². The van der Waals surface area contributed by atoms with Crippen LogP contribution in [0.3, 0.4) is 0 Å². The fourth-order valence-electron chi connectivity index (χ4n) is 2.31. The minimum Gasteiger partial charge on any atom is -0.399 e. The van der Waals surface area contributed by atoms with E-state index in [1.165, 1.54) is 6.42 Å². The SMILES string of the molecule is CCC1CCN(C(=O)Cc2ccc(N)cc2)C1. The van der Waals surface area contributed by atoms with Crippen LogP contribution in [-0.4, -0.2) is 23.9 Å². The lowest BCUT2D eigenvalue weighted by atomic mass is 10.1. The highest BCUT2D eigenvalue weighted by molar-refractivity contribution is 5.79. The van der Waals surface area contributed by atoms with Crippen molar-refractivity contribution in [1.29, 1.82) is 0 Å². The van der Waals surface area contributed by atoms with Crippen LogP contribution in [0.15, 0.2) is 24.3 Å². The maximum absolute atomic E-state index is 12.1. The Labute approximate surface area is 103 Å². The maximum atomic E-state index is 12.1. The van der Waals surface area contributed by atoms with E-state index in [2.05, 4.69) is 6.92 Å². The molecular formula is C14H20N2O. The zero-order valence-corrected chi connectivity index (χ0v) is 10.4. The second-order valence-electron chi connectivity index (χ2n) is 4.82. The molecule has 2 rings (SSSR count). The Kier molecular flexibility index (Phi) is 3.67. The number of nitrogen functional groups attached to an aromatic ring is 1. The van der Waals surface area contributed by atoms with Crippen molar-refractivity contribution in [1.82, 2.24) is 4.90 Å². The number of rotatable bonds is 3. The van der Waals surface area contributed by atoms with Gasteiger partial charge in [0.25, 0.3) is 0 Å². The van der Waals surface area contributed by atoms with Gasteiger partial charge in [0.1, 0.15) is 0 Å². The van der Waals surface area contributed by atoms with E-state index in [1.54, 1.807) is 0 Å². The van der Waals surface area contributed by atoms with Crippen molar-refractivity contribution >= 4 is 11.6 Å². The van der Waals surface area contributed by atoms with E-state index < -0.39 is 0 Å². The molecule has 17 heavy (non-hydrogen) atoms. The van der Waals surface area contributed by atoms with Crippen LogP contribution >= 0.6 is 0 Å². The number of carbonyl (C=O) groups is 1. The number of likely N-dealkylation sites (tertiary alicyclic amines) is 1. The van der Waals surface area contributed by atoms with Crippen molar-refractivity contribution < 1.29 is 4.79 Å². The lowest BCUT2D eigenvalue weighted by Gasteiger charge is -2.16. The molecule has 0 aromatic heterocycles. The van der Waals surface area contributed by atoms with Crippen LogP contribution in [-0.2, 0) is 11.2 Å².